The maximum atomic E-state index is 12.2. The van der Waals surface area contributed by atoms with E-state index in [9.17, 15) is 14.4 Å². The first-order chi connectivity index (χ1) is 13.0. The van der Waals surface area contributed by atoms with Crippen LogP contribution in [-0.4, -0.2) is 44.1 Å². The van der Waals surface area contributed by atoms with E-state index in [2.05, 4.69) is 15.6 Å². The first kappa shape index (κ1) is 19.7. The van der Waals surface area contributed by atoms with Crippen molar-refractivity contribution in [3.63, 3.8) is 0 Å². The topological polar surface area (TPSA) is 116 Å². The van der Waals surface area contributed by atoms with Gasteiger partial charge in [-0.1, -0.05) is 6.07 Å². The standard InChI is InChI=1S/C18H19N3O6/c1-25-14-8-12(18(24)27-3)13(9-15(14)26-2)21-17(23)16(22)20-10-11-6-4-5-7-19-11/h4-9H,10H2,1-3H3,(H,20,22)(H,21,23). The molecule has 1 aromatic heterocycles. The largest absolute Gasteiger partial charge is 0.493 e. The number of carbonyl (C=O) groups is 3. The van der Waals surface area contributed by atoms with E-state index in [0.29, 0.717) is 5.69 Å². The summed E-state index contributed by atoms with van der Waals surface area (Å²) in [6.45, 7) is 0.0862. The normalized spacial score (nSPS) is 9.89. The number of aromatic nitrogens is 1. The van der Waals surface area contributed by atoms with Gasteiger partial charge in [-0.15, -0.1) is 0 Å². The van der Waals surface area contributed by atoms with Crippen LogP contribution in [0.1, 0.15) is 16.1 Å². The van der Waals surface area contributed by atoms with Crippen molar-refractivity contribution in [1.29, 1.82) is 0 Å². The van der Waals surface area contributed by atoms with E-state index in [4.69, 9.17) is 14.2 Å². The number of esters is 1. The van der Waals surface area contributed by atoms with Crippen LogP contribution >= 0.6 is 0 Å². The molecule has 142 valence electrons. The molecule has 0 saturated heterocycles. The number of amides is 2. The molecule has 0 aliphatic heterocycles. The summed E-state index contributed by atoms with van der Waals surface area (Å²) >= 11 is 0. The van der Waals surface area contributed by atoms with Crippen LogP contribution in [0.15, 0.2) is 36.5 Å². The minimum Gasteiger partial charge on any atom is -0.493 e. The van der Waals surface area contributed by atoms with Gasteiger partial charge in [0.2, 0.25) is 0 Å². The lowest BCUT2D eigenvalue weighted by Gasteiger charge is -2.14. The van der Waals surface area contributed by atoms with Crippen LogP contribution in [-0.2, 0) is 20.9 Å². The van der Waals surface area contributed by atoms with Crippen LogP contribution < -0.4 is 20.1 Å². The summed E-state index contributed by atoms with van der Waals surface area (Å²) in [7, 11) is 4.01. The van der Waals surface area contributed by atoms with E-state index in [-0.39, 0.29) is 29.3 Å². The predicted octanol–water partition coefficient (Wildman–Crippen LogP) is 1.14. The third-order valence-electron chi connectivity index (χ3n) is 3.54. The molecular weight excluding hydrogens is 354 g/mol. The zero-order valence-electron chi connectivity index (χ0n) is 15.1. The minimum atomic E-state index is -0.955. The monoisotopic (exact) mass is 373 g/mol. The molecule has 0 radical (unpaired) electrons. The van der Waals surface area contributed by atoms with Gasteiger partial charge in [0.15, 0.2) is 11.5 Å². The Morgan fingerprint density at radius 1 is 1.00 bits per heavy atom. The Hall–Kier alpha value is -3.62. The van der Waals surface area contributed by atoms with Crippen molar-refractivity contribution >= 4 is 23.5 Å². The summed E-state index contributed by atoms with van der Waals surface area (Å²) in [6, 6.07) is 7.94. The third-order valence-corrected chi connectivity index (χ3v) is 3.54. The number of methoxy groups -OCH3 is 3. The van der Waals surface area contributed by atoms with E-state index in [0.717, 1.165) is 0 Å². The van der Waals surface area contributed by atoms with E-state index in [1.807, 2.05) is 0 Å². The van der Waals surface area contributed by atoms with Crippen LogP contribution in [0.2, 0.25) is 0 Å². The molecule has 9 nitrogen and oxygen atoms in total. The van der Waals surface area contributed by atoms with Crippen LogP contribution in [0, 0.1) is 0 Å². The van der Waals surface area contributed by atoms with Crippen molar-refractivity contribution in [1.82, 2.24) is 10.3 Å². The molecule has 2 N–H and O–H groups in total. The summed E-state index contributed by atoms with van der Waals surface area (Å²) in [6.07, 6.45) is 1.58. The summed E-state index contributed by atoms with van der Waals surface area (Å²) in [5.74, 6) is -2.00. The molecule has 0 unspecified atom stereocenters. The first-order valence-corrected chi connectivity index (χ1v) is 7.83. The fraction of sp³-hybridized carbons (Fsp3) is 0.222. The molecule has 0 atom stereocenters. The number of hydrogen-bond donors (Lipinski definition) is 2. The Bertz CT molecular complexity index is 838. The van der Waals surface area contributed by atoms with Gasteiger partial charge in [-0.3, -0.25) is 14.6 Å². The maximum Gasteiger partial charge on any atom is 0.340 e. The SMILES string of the molecule is COC(=O)c1cc(OC)c(OC)cc1NC(=O)C(=O)NCc1ccccn1. The molecule has 0 saturated carbocycles. The van der Waals surface area contributed by atoms with Gasteiger partial charge in [0.25, 0.3) is 0 Å². The molecule has 0 aliphatic carbocycles. The molecule has 27 heavy (non-hydrogen) atoms. The van der Waals surface area contributed by atoms with Gasteiger partial charge in [0.05, 0.1) is 44.8 Å². The number of pyridine rings is 1. The van der Waals surface area contributed by atoms with E-state index >= 15 is 0 Å². The fourth-order valence-electron chi connectivity index (χ4n) is 2.19. The Balaban J connectivity index is 2.17. The van der Waals surface area contributed by atoms with Gasteiger partial charge in [-0.05, 0) is 12.1 Å². The summed E-state index contributed by atoms with van der Waals surface area (Å²) in [5, 5.41) is 4.83. The molecule has 2 aromatic rings. The summed E-state index contributed by atoms with van der Waals surface area (Å²) in [5.41, 5.74) is 0.665. The predicted molar refractivity (Wildman–Crippen MR) is 95.6 cm³/mol. The van der Waals surface area contributed by atoms with E-state index < -0.39 is 17.8 Å². The van der Waals surface area contributed by atoms with Gasteiger partial charge in [-0.2, -0.15) is 0 Å². The number of ether oxygens (including phenoxy) is 3. The lowest BCUT2D eigenvalue weighted by molar-refractivity contribution is -0.136. The highest BCUT2D eigenvalue weighted by Crippen LogP contribution is 2.33. The average Bonchev–Trinajstić information content (AvgIpc) is 2.71. The Labute approximate surface area is 155 Å². The van der Waals surface area contributed by atoms with Crippen molar-refractivity contribution < 1.29 is 28.6 Å². The number of nitrogens with one attached hydrogen (secondary N) is 2. The van der Waals surface area contributed by atoms with Crippen molar-refractivity contribution in [3.8, 4) is 11.5 Å². The van der Waals surface area contributed by atoms with Gasteiger partial charge < -0.3 is 24.8 Å². The Morgan fingerprint density at radius 3 is 2.30 bits per heavy atom. The summed E-state index contributed by atoms with van der Waals surface area (Å²) in [4.78, 5) is 40.2. The van der Waals surface area contributed by atoms with Crippen molar-refractivity contribution in [2.45, 2.75) is 6.54 Å². The average molecular weight is 373 g/mol. The van der Waals surface area contributed by atoms with Crippen molar-refractivity contribution in [2.75, 3.05) is 26.6 Å². The lowest BCUT2D eigenvalue weighted by Crippen LogP contribution is -2.35. The second-order valence-electron chi connectivity index (χ2n) is 5.20. The van der Waals surface area contributed by atoms with Crippen molar-refractivity contribution in [3.05, 3.63) is 47.8 Å². The van der Waals surface area contributed by atoms with Gasteiger partial charge in [0, 0.05) is 18.3 Å². The maximum absolute atomic E-state index is 12.2. The van der Waals surface area contributed by atoms with Gasteiger partial charge in [-0.25, -0.2) is 4.79 Å². The molecule has 2 amide bonds. The molecule has 0 aliphatic rings. The van der Waals surface area contributed by atoms with Gasteiger partial charge >= 0.3 is 17.8 Å². The highest BCUT2D eigenvalue weighted by atomic mass is 16.5. The molecule has 0 bridgehead atoms. The van der Waals surface area contributed by atoms with E-state index in [1.54, 1.807) is 24.4 Å². The number of rotatable bonds is 6. The lowest BCUT2D eigenvalue weighted by atomic mass is 10.1. The number of nitrogens with zero attached hydrogens (tertiary/aromatic N) is 1. The second kappa shape index (κ2) is 9.18. The van der Waals surface area contributed by atoms with Crippen LogP contribution in [0.5, 0.6) is 11.5 Å². The van der Waals surface area contributed by atoms with Crippen LogP contribution in [0.4, 0.5) is 5.69 Å². The fourth-order valence-corrected chi connectivity index (χ4v) is 2.19. The van der Waals surface area contributed by atoms with Crippen LogP contribution in [0.25, 0.3) is 0 Å². The highest BCUT2D eigenvalue weighted by Gasteiger charge is 2.21. The number of hydrogen-bond acceptors (Lipinski definition) is 7. The third kappa shape index (κ3) is 4.94. The van der Waals surface area contributed by atoms with Gasteiger partial charge in [0.1, 0.15) is 0 Å². The number of carbonyl (C=O) groups excluding carboxylic acids is 3. The van der Waals surface area contributed by atoms with Crippen LogP contribution in [0.3, 0.4) is 0 Å². The van der Waals surface area contributed by atoms with E-state index in [1.165, 1.54) is 33.5 Å². The second-order valence-corrected chi connectivity index (χ2v) is 5.20. The summed E-state index contributed by atoms with van der Waals surface area (Å²) < 4.78 is 15.0. The zero-order chi connectivity index (χ0) is 19.8. The molecular formula is C18H19N3O6. The molecule has 1 heterocycles. The highest BCUT2D eigenvalue weighted by molar-refractivity contribution is 6.40. The first-order valence-electron chi connectivity index (χ1n) is 7.83. The number of benzene rings is 1. The van der Waals surface area contributed by atoms with Crippen molar-refractivity contribution in [2.24, 2.45) is 0 Å². The zero-order valence-corrected chi connectivity index (χ0v) is 15.1. The molecule has 2 rings (SSSR count). The number of anilines is 1. The molecule has 0 fully saturated rings. The Kier molecular flexibility index (Phi) is 6.70. The Morgan fingerprint density at radius 2 is 1.70 bits per heavy atom. The smallest absolute Gasteiger partial charge is 0.340 e. The molecule has 0 spiro atoms. The quantitative estimate of drug-likeness (QED) is 0.576. The molecule has 1 aromatic carbocycles. The molecule has 9 heteroatoms. The minimum absolute atomic E-state index is 0.0148.